The third-order valence-electron chi connectivity index (χ3n) is 2.39. The standard InChI is InChI=1S/C9H13N3O2S/c1-12-9(10-5-11-12)15-7(6-3-4-6)8(13)14-2/h5-7H,3-4H2,1-2H3. The van der Waals surface area contributed by atoms with Crippen molar-refractivity contribution in [3.63, 3.8) is 0 Å². The second-order valence-electron chi connectivity index (χ2n) is 3.57. The maximum Gasteiger partial charge on any atom is 0.319 e. The zero-order valence-corrected chi connectivity index (χ0v) is 9.53. The summed E-state index contributed by atoms with van der Waals surface area (Å²) in [6.07, 6.45) is 3.69. The number of nitrogens with zero attached hydrogens (tertiary/aromatic N) is 3. The number of methoxy groups -OCH3 is 1. The minimum atomic E-state index is -0.162. The summed E-state index contributed by atoms with van der Waals surface area (Å²) in [7, 11) is 3.24. The lowest BCUT2D eigenvalue weighted by molar-refractivity contribution is -0.140. The van der Waals surface area contributed by atoms with Crippen LogP contribution in [0.25, 0.3) is 0 Å². The predicted octanol–water partition coefficient (Wildman–Crippen LogP) is 0.859. The van der Waals surface area contributed by atoms with Gasteiger partial charge < -0.3 is 4.74 Å². The lowest BCUT2D eigenvalue weighted by atomic mass is 10.3. The van der Waals surface area contributed by atoms with Crippen molar-refractivity contribution in [2.45, 2.75) is 23.2 Å². The lowest BCUT2D eigenvalue weighted by Gasteiger charge is -2.11. The van der Waals surface area contributed by atoms with Crippen LogP contribution in [-0.2, 0) is 16.6 Å². The van der Waals surface area contributed by atoms with E-state index in [0.29, 0.717) is 5.92 Å². The molecule has 15 heavy (non-hydrogen) atoms. The van der Waals surface area contributed by atoms with E-state index in [1.165, 1.54) is 25.2 Å². The molecular formula is C9H13N3O2S. The Morgan fingerprint density at radius 2 is 2.47 bits per heavy atom. The molecule has 6 heteroatoms. The average molecular weight is 227 g/mol. The van der Waals surface area contributed by atoms with E-state index in [4.69, 9.17) is 4.74 Å². The fraction of sp³-hybridized carbons (Fsp3) is 0.667. The first-order chi connectivity index (χ1) is 7.22. The largest absolute Gasteiger partial charge is 0.468 e. The van der Waals surface area contributed by atoms with Gasteiger partial charge in [-0.2, -0.15) is 5.10 Å². The maximum atomic E-state index is 11.5. The van der Waals surface area contributed by atoms with Crippen molar-refractivity contribution in [3.8, 4) is 0 Å². The SMILES string of the molecule is COC(=O)C(Sc1ncnn1C)C1CC1. The van der Waals surface area contributed by atoms with Crippen LogP contribution in [0.2, 0.25) is 0 Å². The molecule has 1 aliphatic carbocycles. The van der Waals surface area contributed by atoms with E-state index in [1.54, 1.807) is 4.68 Å². The highest BCUT2D eigenvalue weighted by atomic mass is 32.2. The zero-order valence-electron chi connectivity index (χ0n) is 8.71. The Morgan fingerprint density at radius 1 is 1.73 bits per heavy atom. The average Bonchev–Trinajstić information content (AvgIpc) is 2.99. The number of thioether (sulfide) groups is 1. The second-order valence-corrected chi connectivity index (χ2v) is 4.67. The van der Waals surface area contributed by atoms with Gasteiger partial charge in [0.05, 0.1) is 7.11 Å². The third-order valence-corrected chi connectivity index (χ3v) is 3.80. The number of hydrogen-bond acceptors (Lipinski definition) is 5. The summed E-state index contributed by atoms with van der Waals surface area (Å²) >= 11 is 1.44. The van der Waals surface area contributed by atoms with Gasteiger partial charge in [0.1, 0.15) is 11.6 Å². The number of aromatic nitrogens is 3. The van der Waals surface area contributed by atoms with Crippen molar-refractivity contribution in [3.05, 3.63) is 6.33 Å². The number of hydrogen-bond donors (Lipinski definition) is 0. The Morgan fingerprint density at radius 3 is 2.93 bits per heavy atom. The number of aryl methyl sites for hydroxylation is 1. The van der Waals surface area contributed by atoms with Crippen LogP contribution in [0.4, 0.5) is 0 Å². The van der Waals surface area contributed by atoms with Gasteiger partial charge in [0, 0.05) is 7.05 Å². The predicted molar refractivity (Wildman–Crippen MR) is 55.4 cm³/mol. The molecule has 0 bridgehead atoms. The van der Waals surface area contributed by atoms with Gasteiger partial charge in [-0.1, -0.05) is 11.8 Å². The maximum absolute atomic E-state index is 11.5. The van der Waals surface area contributed by atoms with Gasteiger partial charge in [-0.3, -0.25) is 4.79 Å². The smallest absolute Gasteiger partial charge is 0.319 e. The van der Waals surface area contributed by atoms with Crippen molar-refractivity contribution >= 4 is 17.7 Å². The van der Waals surface area contributed by atoms with E-state index < -0.39 is 0 Å². The summed E-state index contributed by atoms with van der Waals surface area (Å²) in [6, 6.07) is 0. The highest BCUT2D eigenvalue weighted by molar-refractivity contribution is 8.00. The summed E-state index contributed by atoms with van der Waals surface area (Å²) in [5, 5.41) is 4.60. The van der Waals surface area contributed by atoms with E-state index in [9.17, 15) is 4.79 Å². The second kappa shape index (κ2) is 4.22. The van der Waals surface area contributed by atoms with E-state index in [0.717, 1.165) is 18.0 Å². The first kappa shape index (κ1) is 10.5. The van der Waals surface area contributed by atoms with Crippen LogP contribution in [0.15, 0.2) is 11.5 Å². The van der Waals surface area contributed by atoms with E-state index in [-0.39, 0.29) is 11.2 Å². The third kappa shape index (κ3) is 2.31. The molecule has 2 rings (SSSR count). The van der Waals surface area contributed by atoms with Crippen LogP contribution in [0.5, 0.6) is 0 Å². The molecular weight excluding hydrogens is 214 g/mol. The van der Waals surface area contributed by atoms with Gasteiger partial charge in [0.25, 0.3) is 0 Å². The summed E-state index contributed by atoms with van der Waals surface area (Å²) in [5.74, 6) is 0.282. The quantitative estimate of drug-likeness (QED) is 0.564. The van der Waals surface area contributed by atoms with Crippen LogP contribution in [0.1, 0.15) is 12.8 Å². The topological polar surface area (TPSA) is 57.0 Å². The van der Waals surface area contributed by atoms with Crippen LogP contribution in [0.3, 0.4) is 0 Å². The molecule has 0 spiro atoms. The minimum Gasteiger partial charge on any atom is -0.468 e. The van der Waals surface area contributed by atoms with E-state index >= 15 is 0 Å². The number of carbonyl (C=O) groups is 1. The molecule has 82 valence electrons. The first-order valence-corrected chi connectivity index (χ1v) is 5.69. The molecule has 5 nitrogen and oxygen atoms in total. The number of esters is 1. The molecule has 1 saturated carbocycles. The monoisotopic (exact) mass is 227 g/mol. The Labute approximate surface area is 92.2 Å². The van der Waals surface area contributed by atoms with Crippen LogP contribution in [-0.4, -0.2) is 33.1 Å². The van der Waals surface area contributed by atoms with Gasteiger partial charge in [0.2, 0.25) is 0 Å². The molecule has 0 aromatic carbocycles. The van der Waals surface area contributed by atoms with Crippen molar-refractivity contribution < 1.29 is 9.53 Å². The molecule has 1 aromatic rings. The van der Waals surface area contributed by atoms with Gasteiger partial charge in [-0.05, 0) is 18.8 Å². The normalized spacial score (nSPS) is 17.5. The number of ether oxygens (including phenoxy) is 1. The van der Waals surface area contributed by atoms with Crippen molar-refractivity contribution in [1.29, 1.82) is 0 Å². The summed E-state index contributed by atoms with van der Waals surface area (Å²) < 4.78 is 6.45. The molecule has 1 unspecified atom stereocenters. The highest BCUT2D eigenvalue weighted by Crippen LogP contribution is 2.41. The van der Waals surface area contributed by atoms with Gasteiger partial charge in [-0.15, -0.1) is 0 Å². The molecule has 0 saturated heterocycles. The van der Waals surface area contributed by atoms with Crippen LogP contribution < -0.4 is 0 Å². The zero-order chi connectivity index (χ0) is 10.8. The molecule has 0 aliphatic heterocycles. The van der Waals surface area contributed by atoms with Crippen LogP contribution >= 0.6 is 11.8 Å². The molecule has 1 atom stereocenters. The number of rotatable bonds is 4. The fourth-order valence-corrected chi connectivity index (χ4v) is 2.55. The molecule has 0 N–H and O–H groups in total. The minimum absolute atomic E-state index is 0.127. The summed E-state index contributed by atoms with van der Waals surface area (Å²) in [6.45, 7) is 0. The summed E-state index contributed by atoms with van der Waals surface area (Å²) in [5.41, 5.74) is 0. The summed E-state index contributed by atoms with van der Waals surface area (Å²) in [4.78, 5) is 15.6. The molecule has 1 fully saturated rings. The van der Waals surface area contributed by atoms with Crippen molar-refractivity contribution in [2.75, 3.05) is 7.11 Å². The Kier molecular flexibility index (Phi) is 2.95. The fourth-order valence-electron chi connectivity index (χ4n) is 1.36. The first-order valence-electron chi connectivity index (χ1n) is 4.81. The molecule has 0 radical (unpaired) electrons. The highest BCUT2D eigenvalue weighted by Gasteiger charge is 2.38. The Balaban J connectivity index is 2.06. The van der Waals surface area contributed by atoms with E-state index in [2.05, 4.69) is 10.1 Å². The van der Waals surface area contributed by atoms with Crippen molar-refractivity contribution in [1.82, 2.24) is 14.8 Å². The lowest BCUT2D eigenvalue weighted by Crippen LogP contribution is -2.21. The Bertz CT molecular complexity index is 362. The van der Waals surface area contributed by atoms with E-state index in [1.807, 2.05) is 7.05 Å². The van der Waals surface area contributed by atoms with Gasteiger partial charge in [0.15, 0.2) is 5.16 Å². The van der Waals surface area contributed by atoms with Crippen molar-refractivity contribution in [2.24, 2.45) is 13.0 Å². The van der Waals surface area contributed by atoms with Crippen LogP contribution in [0, 0.1) is 5.92 Å². The molecule has 1 aliphatic rings. The molecule has 1 aromatic heterocycles. The number of carbonyl (C=O) groups excluding carboxylic acids is 1. The van der Waals surface area contributed by atoms with Gasteiger partial charge in [-0.25, -0.2) is 9.67 Å². The molecule has 1 heterocycles. The molecule has 0 amide bonds. The Hall–Kier alpha value is -1.04. The van der Waals surface area contributed by atoms with Gasteiger partial charge >= 0.3 is 5.97 Å².